The van der Waals surface area contributed by atoms with Crippen molar-refractivity contribution in [2.45, 2.75) is 27.1 Å². The summed E-state index contributed by atoms with van der Waals surface area (Å²) >= 11 is 0. The van der Waals surface area contributed by atoms with Crippen molar-refractivity contribution in [2.24, 2.45) is 0 Å². The largest absolute Gasteiger partial charge is 0.478 e. The molecule has 10 heteroatoms. The Morgan fingerprint density at radius 3 is 1.46 bits per heavy atom. The number of carbonyl (C=O) groups is 4. The molecule has 0 saturated heterocycles. The molecule has 0 unspecified atom stereocenters. The van der Waals surface area contributed by atoms with Crippen LogP contribution in [0.1, 0.15) is 25.0 Å². The molecule has 0 aromatic heterocycles. The number of hydrogen-bond acceptors (Lipinski definition) is 8. The first kappa shape index (κ1) is 41.3. The monoisotopic (exact) mass is 680 g/mol. The number of carbonyl (C=O) groups excluding carboxylic acids is 2. The second-order valence-electron chi connectivity index (χ2n) is 9.75. The van der Waals surface area contributed by atoms with Crippen LogP contribution in [0.2, 0.25) is 0 Å². The van der Waals surface area contributed by atoms with Crippen LogP contribution < -0.4 is 9.47 Å². The number of aliphatic carboxylic acids is 2. The summed E-state index contributed by atoms with van der Waals surface area (Å²) in [5.41, 5.74) is 2.56. The molecule has 4 rings (SSSR count). The van der Waals surface area contributed by atoms with E-state index >= 15 is 0 Å². The van der Waals surface area contributed by atoms with Crippen molar-refractivity contribution in [1.82, 2.24) is 0 Å². The van der Waals surface area contributed by atoms with Crippen molar-refractivity contribution in [2.75, 3.05) is 0 Å². The number of carboxylic acid groups (broad SMARTS) is 2. The third-order valence-electron chi connectivity index (χ3n) is 5.56. The summed E-state index contributed by atoms with van der Waals surface area (Å²) in [5.74, 6) is -1.48. The molecule has 0 atom stereocenters. The lowest BCUT2D eigenvalue weighted by Gasteiger charge is -2.03. The fourth-order valence-corrected chi connectivity index (χ4v) is 3.01. The maximum Gasteiger partial charge on any atom is 0.334 e. The van der Waals surface area contributed by atoms with Gasteiger partial charge in [0, 0.05) is 11.6 Å². The fourth-order valence-electron chi connectivity index (χ4n) is 3.01. The van der Waals surface area contributed by atoms with Gasteiger partial charge in [0.2, 0.25) is 0 Å². The van der Waals surface area contributed by atoms with Crippen molar-refractivity contribution >= 4 is 23.9 Å². The molecule has 0 aliphatic rings. The molecule has 0 heterocycles. The van der Waals surface area contributed by atoms with Crippen LogP contribution in [0.4, 0.5) is 0 Å². The highest BCUT2D eigenvalue weighted by atomic mass is 16.5. The average Bonchev–Trinajstić information content (AvgIpc) is 3.14. The summed E-state index contributed by atoms with van der Waals surface area (Å²) < 4.78 is 19.8. The summed E-state index contributed by atoms with van der Waals surface area (Å²) in [6, 6.07) is 37.0. The van der Waals surface area contributed by atoms with Crippen molar-refractivity contribution in [3.63, 3.8) is 0 Å². The maximum absolute atomic E-state index is 11.0. The van der Waals surface area contributed by atoms with Crippen molar-refractivity contribution in [3.05, 3.63) is 181 Å². The molecular formula is C40H40O10. The van der Waals surface area contributed by atoms with Gasteiger partial charge in [-0.05, 0) is 49.2 Å². The smallest absolute Gasteiger partial charge is 0.334 e. The van der Waals surface area contributed by atoms with Gasteiger partial charge in [0.05, 0.1) is 17.9 Å². The van der Waals surface area contributed by atoms with E-state index in [4.69, 9.17) is 29.2 Å². The Morgan fingerprint density at radius 2 is 1.06 bits per heavy atom. The second-order valence-corrected chi connectivity index (χ2v) is 9.75. The van der Waals surface area contributed by atoms with Gasteiger partial charge >= 0.3 is 23.9 Å². The van der Waals surface area contributed by atoms with E-state index in [1.165, 1.54) is 13.2 Å². The number of carboxylic acids is 2. The quantitative estimate of drug-likeness (QED) is 0.0859. The van der Waals surface area contributed by atoms with Crippen molar-refractivity contribution in [1.29, 1.82) is 0 Å². The summed E-state index contributed by atoms with van der Waals surface area (Å²) in [6.45, 7) is 10.5. The van der Waals surface area contributed by atoms with E-state index in [1.807, 2.05) is 97.1 Å². The van der Waals surface area contributed by atoms with Gasteiger partial charge < -0.3 is 29.2 Å². The third kappa shape index (κ3) is 21.2. The molecule has 0 bridgehead atoms. The highest BCUT2D eigenvalue weighted by Crippen LogP contribution is 2.10. The Hall–Kier alpha value is -6.68. The summed E-state index contributed by atoms with van der Waals surface area (Å²) in [5, 5.41) is 16.7. The van der Waals surface area contributed by atoms with Gasteiger partial charge in [0.1, 0.15) is 31.0 Å². The van der Waals surface area contributed by atoms with E-state index in [0.29, 0.717) is 30.3 Å². The molecule has 260 valence electrons. The molecule has 0 aliphatic heterocycles. The SMILES string of the molecule is C=C(C)C(=O)OCc1ccccc1.C=CC(=O)OCc1ccccc1.CC(=COc1ccccc1)C(=O)O.O=C(O)C=COc1ccccc1. The Bertz CT molecular complexity index is 1660. The van der Waals surface area contributed by atoms with Crippen molar-refractivity contribution < 1.29 is 48.3 Å². The van der Waals surface area contributed by atoms with E-state index in [2.05, 4.69) is 13.2 Å². The van der Waals surface area contributed by atoms with E-state index < -0.39 is 11.9 Å². The van der Waals surface area contributed by atoms with E-state index in [0.717, 1.165) is 29.5 Å². The molecule has 0 aliphatic carbocycles. The van der Waals surface area contributed by atoms with Crippen LogP contribution in [0.15, 0.2) is 170 Å². The number of esters is 2. The zero-order chi connectivity index (χ0) is 37.0. The normalized spacial score (nSPS) is 9.84. The summed E-state index contributed by atoms with van der Waals surface area (Å²) in [7, 11) is 0. The van der Waals surface area contributed by atoms with Gasteiger partial charge in [-0.2, -0.15) is 0 Å². The standard InChI is InChI=1S/C11H12O2.C10H10O3.C10H10O2.C9H8O3/c1-9(2)11(12)13-8-10-6-4-3-5-7-10;1-8(10(11)12)7-13-9-5-3-2-4-6-9;1-2-10(11)12-8-9-6-4-3-5-7-9;10-9(11)6-7-12-8-4-2-1-3-5-8/h3-7H,1,8H2,2H3;2-7H,1H3,(H,11,12);2-7H,1,8H2;1-7H,(H,10,11). The number of ether oxygens (including phenoxy) is 4. The zero-order valence-corrected chi connectivity index (χ0v) is 27.8. The van der Waals surface area contributed by atoms with Crippen molar-refractivity contribution in [3.8, 4) is 11.5 Å². The van der Waals surface area contributed by atoms with Crippen LogP contribution in [-0.2, 0) is 41.9 Å². The molecule has 0 radical (unpaired) electrons. The minimum absolute atomic E-state index is 0.170. The van der Waals surface area contributed by atoms with E-state index in [1.54, 1.807) is 31.2 Å². The van der Waals surface area contributed by atoms with Gasteiger partial charge in [0.25, 0.3) is 0 Å². The number of benzene rings is 4. The lowest BCUT2D eigenvalue weighted by atomic mass is 10.2. The molecule has 0 amide bonds. The lowest BCUT2D eigenvalue weighted by molar-refractivity contribution is -0.140. The molecular weight excluding hydrogens is 640 g/mol. The van der Waals surface area contributed by atoms with Gasteiger partial charge in [0.15, 0.2) is 0 Å². The lowest BCUT2D eigenvalue weighted by Crippen LogP contribution is -2.04. The highest BCUT2D eigenvalue weighted by molar-refractivity contribution is 5.87. The molecule has 4 aromatic carbocycles. The number of para-hydroxylation sites is 2. The van der Waals surface area contributed by atoms with Crippen LogP contribution in [0.5, 0.6) is 11.5 Å². The third-order valence-corrected chi connectivity index (χ3v) is 5.56. The Labute approximate surface area is 291 Å². The molecule has 4 aromatic rings. The zero-order valence-electron chi connectivity index (χ0n) is 27.8. The molecule has 10 nitrogen and oxygen atoms in total. The fraction of sp³-hybridized carbons (Fsp3) is 0.100. The average molecular weight is 681 g/mol. The minimum atomic E-state index is -1.02. The molecule has 0 saturated carbocycles. The highest BCUT2D eigenvalue weighted by Gasteiger charge is 2.02. The first-order chi connectivity index (χ1) is 24.0. The maximum atomic E-state index is 11.0. The Kier molecular flexibility index (Phi) is 21.0. The first-order valence-corrected chi connectivity index (χ1v) is 14.9. The van der Waals surface area contributed by atoms with Gasteiger partial charge in [-0.15, -0.1) is 0 Å². The van der Waals surface area contributed by atoms with Crippen LogP contribution in [0.25, 0.3) is 0 Å². The van der Waals surface area contributed by atoms with E-state index in [9.17, 15) is 19.2 Å². The molecule has 2 N–H and O–H groups in total. The molecule has 50 heavy (non-hydrogen) atoms. The predicted octanol–water partition coefficient (Wildman–Crippen LogP) is 7.94. The van der Waals surface area contributed by atoms with Crippen LogP contribution in [0, 0.1) is 0 Å². The summed E-state index contributed by atoms with van der Waals surface area (Å²) in [6.07, 6.45) is 4.45. The first-order valence-electron chi connectivity index (χ1n) is 14.9. The molecule has 0 fully saturated rings. The minimum Gasteiger partial charge on any atom is -0.478 e. The van der Waals surface area contributed by atoms with E-state index in [-0.39, 0.29) is 17.5 Å². The predicted molar refractivity (Wildman–Crippen MR) is 190 cm³/mol. The molecule has 0 spiro atoms. The Morgan fingerprint density at radius 1 is 0.640 bits per heavy atom. The number of hydrogen-bond donors (Lipinski definition) is 2. The van der Waals surface area contributed by atoms with Crippen LogP contribution >= 0.6 is 0 Å². The number of rotatable bonds is 12. The Balaban J connectivity index is 0.000000334. The second kappa shape index (κ2) is 25.4. The summed E-state index contributed by atoms with van der Waals surface area (Å²) in [4.78, 5) is 42.0. The van der Waals surface area contributed by atoms with Gasteiger partial charge in [-0.25, -0.2) is 19.2 Å². The van der Waals surface area contributed by atoms with Gasteiger partial charge in [-0.3, -0.25) is 0 Å². The topological polar surface area (TPSA) is 146 Å². The van der Waals surface area contributed by atoms with Gasteiger partial charge in [-0.1, -0.05) is 110 Å². The van der Waals surface area contributed by atoms with Crippen LogP contribution in [0.3, 0.4) is 0 Å². The van der Waals surface area contributed by atoms with Crippen LogP contribution in [-0.4, -0.2) is 34.1 Å².